The highest BCUT2D eigenvalue weighted by molar-refractivity contribution is 5.57. The Morgan fingerprint density at radius 3 is 2.58 bits per heavy atom. The predicted molar refractivity (Wildman–Crippen MR) is 87.0 cm³/mol. The Morgan fingerprint density at radius 1 is 1.17 bits per heavy atom. The fourth-order valence-electron chi connectivity index (χ4n) is 3.59. The van der Waals surface area contributed by atoms with Crippen LogP contribution in [0.4, 0.5) is 18.9 Å². The molecule has 0 amide bonds. The van der Waals surface area contributed by atoms with Crippen molar-refractivity contribution in [3.8, 4) is 0 Å². The summed E-state index contributed by atoms with van der Waals surface area (Å²) in [5.41, 5.74) is 0.912. The van der Waals surface area contributed by atoms with Crippen LogP contribution in [0.25, 0.3) is 0 Å². The molecule has 2 saturated heterocycles. The summed E-state index contributed by atoms with van der Waals surface area (Å²) in [5.74, 6) is 0. The number of alkyl halides is 3. The first-order valence-electron chi connectivity index (χ1n) is 8.50. The van der Waals surface area contributed by atoms with E-state index in [1.54, 1.807) is 6.07 Å². The van der Waals surface area contributed by atoms with Crippen LogP contribution in [-0.2, 0) is 12.7 Å². The van der Waals surface area contributed by atoms with Crippen molar-refractivity contribution in [1.82, 2.24) is 10.2 Å². The first kappa shape index (κ1) is 17.5. The third kappa shape index (κ3) is 3.84. The van der Waals surface area contributed by atoms with E-state index in [1.165, 1.54) is 12.1 Å². The number of halogens is 3. The van der Waals surface area contributed by atoms with Gasteiger partial charge in [-0.15, -0.1) is 0 Å². The van der Waals surface area contributed by atoms with Crippen molar-refractivity contribution in [3.63, 3.8) is 0 Å². The molecule has 0 spiro atoms. The lowest BCUT2D eigenvalue weighted by Gasteiger charge is -2.32. The van der Waals surface area contributed by atoms with Gasteiger partial charge in [0.2, 0.25) is 0 Å². The van der Waals surface area contributed by atoms with E-state index in [4.69, 9.17) is 0 Å². The fourth-order valence-corrected chi connectivity index (χ4v) is 3.59. The van der Waals surface area contributed by atoms with Crippen molar-refractivity contribution >= 4 is 5.69 Å². The third-order valence-electron chi connectivity index (χ3n) is 4.91. The van der Waals surface area contributed by atoms with E-state index in [1.807, 2.05) is 4.90 Å². The Balaban J connectivity index is 1.91. The summed E-state index contributed by atoms with van der Waals surface area (Å²) in [5, 5.41) is 12.8. The van der Waals surface area contributed by atoms with Gasteiger partial charge in [0.1, 0.15) is 0 Å². The van der Waals surface area contributed by atoms with Crippen LogP contribution in [-0.4, -0.2) is 55.4 Å². The van der Waals surface area contributed by atoms with Crippen molar-refractivity contribution in [2.24, 2.45) is 0 Å². The van der Waals surface area contributed by atoms with Gasteiger partial charge in [-0.25, -0.2) is 0 Å². The van der Waals surface area contributed by atoms with Crippen LogP contribution in [0, 0.1) is 0 Å². The van der Waals surface area contributed by atoms with Gasteiger partial charge in [0.25, 0.3) is 0 Å². The molecule has 1 aromatic rings. The number of aliphatic hydroxyl groups is 1. The van der Waals surface area contributed by atoms with Crippen LogP contribution in [0.1, 0.15) is 24.0 Å². The van der Waals surface area contributed by atoms with Crippen molar-refractivity contribution in [2.75, 3.05) is 44.2 Å². The molecule has 3 rings (SSSR count). The summed E-state index contributed by atoms with van der Waals surface area (Å²) in [6.07, 6.45) is -2.63. The summed E-state index contributed by atoms with van der Waals surface area (Å²) in [6.45, 7) is 4.90. The normalized spacial score (nSPS) is 23.0. The zero-order valence-corrected chi connectivity index (χ0v) is 13.6. The largest absolute Gasteiger partial charge is 0.416 e. The summed E-state index contributed by atoms with van der Waals surface area (Å²) in [6, 6.07) is 3.94. The minimum atomic E-state index is -4.35. The summed E-state index contributed by atoms with van der Waals surface area (Å²) in [7, 11) is 0. The molecule has 1 aromatic carbocycles. The second kappa shape index (κ2) is 7.29. The van der Waals surface area contributed by atoms with Gasteiger partial charge in [0.05, 0.1) is 18.2 Å². The van der Waals surface area contributed by atoms with E-state index in [-0.39, 0.29) is 12.6 Å². The lowest BCUT2D eigenvalue weighted by atomic mass is 10.1. The second-order valence-electron chi connectivity index (χ2n) is 6.54. The molecular formula is C17H24F3N3O. The van der Waals surface area contributed by atoms with E-state index >= 15 is 0 Å². The molecule has 2 fully saturated rings. The average molecular weight is 343 g/mol. The van der Waals surface area contributed by atoms with E-state index in [2.05, 4.69) is 10.2 Å². The summed E-state index contributed by atoms with van der Waals surface area (Å²) < 4.78 is 39.4. The average Bonchev–Trinajstić information content (AvgIpc) is 3.03. The fraction of sp³-hybridized carbons (Fsp3) is 0.647. The van der Waals surface area contributed by atoms with E-state index in [9.17, 15) is 18.3 Å². The van der Waals surface area contributed by atoms with Crippen molar-refractivity contribution in [1.29, 1.82) is 0 Å². The first-order chi connectivity index (χ1) is 11.5. The monoisotopic (exact) mass is 343 g/mol. The highest BCUT2D eigenvalue weighted by Crippen LogP contribution is 2.36. The van der Waals surface area contributed by atoms with Gasteiger partial charge in [-0.05, 0) is 30.5 Å². The number of rotatable bonds is 4. The molecule has 2 heterocycles. The zero-order valence-electron chi connectivity index (χ0n) is 13.6. The lowest BCUT2D eigenvalue weighted by Crippen LogP contribution is -2.43. The van der Waals surface area contributed by atoms with Gasteiger partial charge in [0, 0.05) is 45.0 Å². The van der Waals surface area contributed by atoms with Crippen molar-refractivity contribution < 1.29 is 18.3 Å². The number of nitrogens with one attached hydrogen (secondary N) is 1. The van der Waals surface area contributed by atoms with Crippen LogP contribution >= 0.6 is 0 Å². The zero-order chi connectivity index (χ0) is 17.2. The van der Waals surface area contributed by atoms with E-state index < -0.39 is 11.7 Å². The Morgan fingerprint density at radius 2 is 1.92 bits per heavy atom. The van der Waals surface area contributed by atoms with Crippen LogP contribution in [0.15, 0.2) is 18.2 Å². The first-order valence-corrected chi connectivity index (χ1v) is 8.50. The highest BCUT2D eigenvalue weighted by atomic mass is 19.4. The molecule has 1 atom stereocenters. The van der Waals surface area contributed by atoms with E-state index in [0.717, 1.165) is 44.6 Å². The van der Waals surface area contributed by atoms with Crippen LogP contribution in [0.2, 0.25) is 0 Å². The molecule has 7 heteroatoms. The quantitative estimate of drug-likeness (QED) is 0.878. The molecule has 4 nitrogen and oxygen atoms in total. The number of anilines is 1. The Labute approximate surface area is 140 Å². The van der Waals surface area contributed by atoms with Crippen LogP contribution in [0.3, 0.4) is 0 Å². The molecule has 0 bridgehead atoms. The summed E-state index contributed by atoms with van der Waals surface area (Å²) in [4.78, 5) is 4.21. The number of nitrogens with zero attached hydrogens (tertiary/aromatic N) is 2. The maximum Gasteiger partial charge on any atom is 0.416 e. The van der Waals surface area contributed by atoms with Crippen LogP contribution in [0.5, 0.6) is 0 Å². The number of hydrogen-bond acceptors (Lipinski definition) is 4. The third-order valence-corrected chi connectivity index (χ3v) is 4.91. The Bertz CT molecular complexity index is 559. The highest BCUT2D eigenvalue weighted by Gasteiger charge is 2.33. The molecule has 1 unspecified atom stereocenters. The molecule has 2 aliphatic rings. The molecule has 0 saturated carbocycles. The van der Waals surface area contributed by atoms with Gasteiger partial charge in [-0.1, -0.05) is 6.07 Å². The Kier molecular flexibility index (Phi) is 5.32. The minimum Gasteiger partial charge on any atom is -0.394 e. The van der Waals surface area contributed by atoms with Gasteiger partial charge in [-0.3, -0.25) is 4.90 Å². The van der Waals surface area contributed by atoms with Gasteiger partial charge < -0.3 is 15.3 Å². The predicted octanol–water partition coefficient (Wildman–Crippen LogP) is 2.07. The maximum atomic E-state index is 13.1. The number of hydrogen-bond donors (Lipinski definition) is 2. The smallest absolute Gasteiger partial charge is 0.394 e. The molecule has 2 N–H and O–H groups in total. The summed E-state index contributed by atoms with van der Waals surface area (Å²) >= 11 is 0. The number of aliphatic hydroxyl groups excluding tert-OH is 1. The van der Waals surface area contributed by atoms with Crippen LogP contribution < -0.4 is 10.2 Å². The lowest BCUT2D eigenvalue weighted by molar-refractivity contribution is -0.137. The second-order valence-corrected chi connectivity index (χ2v) is 6.54. The molecule has 0 aliphatic carbocycles. The number of benzene rings is 1. The molecule has 24 heavy (non-hydrogen) atoms. The molecule has 134 valence electrons. The van der Waals surface area contributed by atoms with Gasteiger partial charge in [0.15, 0.2) is 0 Å². The topological polar surface area (TPSA) is 38.7 Å². The molecular weight excluding hydrogens is 319 g/mol. The molecule has 2 aliphatic heterocycles. The van der Waals surface area contributed by atoms with Crippen molar-refractivity contribution in [2.45, 2.75) is 31.6 Å². The number of piperazine rings is 1. The van der Waals surface area contributed by atoms with Gasteiger partial charge >= 0.3 is 6.18 Å². The maximum absolute atomic E-state index is 13.1. The van der Waals surface area contributed by atoms with E-state index in [0.29, 0.717) is 18.8 Å². The SMILES string of the molecule is OCC1CCCN1c1cc(C(F)(F)F)ccc1CN1CCNCC1. The Hall–Kier alpha value is -1.31. The van der Waals surface area contributed by atoms with Crippen molar-refractivity contribution in [3.05, 3.63) is 29.3 Å². The standard InChI is InChI=1S/C17H24F3N3O/c18-17(19,20)14-4-3-13(11-22-8-5-21-6-9-22)16(10-14)23-7-1-2-15(23)12-24/h3-4,10,15,21,24H,1-2,5-9,11-12H2. The van der Waals surface area contributed by atoms with Gasteiger partial charge in [-0.2, -0.15) is 13.2 Å². The molecule has 0 radical (unpaired) electrons. The minimum absolute atomic E-state index is 0.0245. The molecule has 0 aromatic heterocycles.